The molecule has 0 heterocycles. The summed E-state index contributed by atoms with van der Waals surface area (Å²) in [6.45, 7) is 0. The largest absolute Gasteiger partial charge is 0.504 e. The lowest BCUT2D eigenvalue weighted by atomic mass is 9.94. The molecule has 0 amide bonds. The van der Waals surface area contributed by atoms with E-state index in [4.69, 9.17) is 0 Å². The molecule has 5 heteroatoms. The van der Waals surface area contributed by atoms with Gasteiger partial charge in [0.15, 0.2) is 11.5 Å². The van der Waals surface area contributed by atoms with Gasteiger partial charge in [-0.3, -0.25) is 9.59 Å². The maximum absolute atomic E-state index is 11.9. The molecule has 2 aromatic carbocycles. The van der Waals surface area contributed by atoms with Gasteiger partial charge in [0.1, 0.15) is 0 Å². The van der Waals surface area contributed by atoms with E-state index < -0.39 is 23.1 Å². The van der Waals surface area contributed by atoms with E-state index >= 15 is 0 Å². The first-order valence-corrected chi connectivity index (χ1v) is 8.10. The number of Topliss-reactive ketones (excluding diaryl/α,β-unsaturated/α-hetero) is 1. The zero-order chi connectivity index (χ0) is 17.1. The van der Waals surface area contributed by atoms with Gasteiger partial charge in [-0.2, -0.15) is 0 Å². The maximum atomic E-state index is 11.9. The number of carbonyl (C=O) groups excluding carboxylic acids is 2. The number of aliphatic hydroxyl groups is 2. The van der Waals surface area contributed by atoms with Gasteiger partial charge < -0.3 is 10.2 Å². The van der Waals surface area contributed by atoms with Gasteiger partial charge in [0.2, 0.25) is 11.6 Å². The molecule has 0 unspecified atom stereocenters. The van der Waals surface area contributed by atoms with Gasteiger partial charge in [-0.1, -0.05) is 42.1 Å². The van der Waals surface area contributed by atoms with Crippen molar-refractivity contribution in [3.63, 3.8) is 0 Å². The molecule has 2 aromatic rings. The van der Waals surface area contributed by atoms with E-state index in [-0.39, 0.29) is 12.0 Å². The summed E-state index contributed by atoms with van der Waals surface area (Å²) >= 11 is 1.61. The highest BCUT2D eigenvalue weighted by Gasteiger charge is 2.28. The van der Waals surface area contributed by atoms with E-state index in [2.05, 4.69) is 0 Å². The third kappa shape index (κ3) is 3.41. The molecule has 0 atom stereocenters. The number of rotatable bonds is 4. The molecule has 4 nitrogen and oxygen atoms in total. The Hall–Kier alpha value is -2.79. The van der Waals surface area contributed by atoms with Crippen LogP contribution in [-0.2, 0) is 16.0 Å². The molecule has 0 saturated heterocycles. The monoisotopic (exact) mass is 338 g/mol. The summed E-state index contributed by atoms with van der Waals surface area (Å²) in [4.78, 5) is 25.6. The van der Waals surface area contributed by atoms with Crippen LogP contribution < -0.4 is 0 Å². The lowest BCUT2D eigenvalue weighted by Gasteiger charge is -2.12. The molecular weight excluding hydrogens is 324 g/mol. The van der Waals surface area contributed by atoms with Gasteiger partial charge in [0.05, 0.1) is 5.57 Å². The summed E-state index contributed by atoms with van der Waals surface area (Å²) in [5, 5.41) is 19.3. The molecule has 0 spiro atoms. The van der Waals surface area contributed by atoms with Crippen LogP contribution in [0.5, 0.6) is 0 Å². The van der Waals surface area contributed by atoms with E-state index in [0.29, 0.717) is 0 Å². The van der Waals surface area contributed by atoms with Crippen LogP contribution in [0, 0.1) is 0 Å². The molecule has 0 saturated carbocycles. The van der Waals surface area contributed by atoms with E-state index in [1.807, 2.05) is 54.6 Å². The summed E-state index contributed by atoms with van der Waals surface area (Å²) in [7, 11) is 0. The normalized spacial score (nSPS) is 14.8. The predicted octanol–water partition coefficient (Wildman–Crippen LogP) is 3.79. The molecule has 24 heavy (non-hydrogen) atoms. The van der Waals surface area contributed by atoms with Crippen molar-refractivity contribution in [3.05, 3.63) is 83.3 Å². The highest BCUT2D eigenvalue weighted by Crippen LogP contribution is 2.28. The molecule has 0 aromatic heterocycles. The van der Waals surface area contributed by atoms with Gasteiger partial charge in [0, 0.05) is 22.3 Å². The lowest BCUT2D eigenvalue weighted by molar-refractivity contribution is -0.119. The fourth-order valence-electron chi connectivity index (χ4n) is 2.34. The summed E-state index contributed by atoms with van der Waals surface area (Å²) in [5.74, 6) is -2.70. The Kier molecular flexibility index (Phi) is 4.53. The van der Waals surface area contributed by atoms with E-state index in [0.717, 1.165) is 21.4 Å². The van der Waals surface area contributed by atoms with Gasteiger partial charge >= 0.3 is 0 Å². The first-order chi connectivity index (χ1) is 11.5. The first kappa shape index (κ1) is 16.1. The third-order valence-electron chi connectivity index (χ3n) is 3.58. The minimum absolute atomic E-state index is 0.0801. The minimum Gasteiger partial charge on any atom is -0.504 e. The summed E-state index contributed by atoms with van der Waals surface area (Å²) in [5.41, 5.74) is 0.688. The number of carbonyl (C=O) groups is 2. The molecule has 2 N–H and O–H groups in total. The van der Waals surface area contributed by atoms with Crippen LogP contribution in [0.4, 0.5) is 0 Å². The number of benzene rings is 2. The number of hydrogen-bond donors (Lipinski definition) is 2. The smallest absolute Gasteiger partial charge is 0.227 e. The zero-order valence-corrected chi connectivity index (χ0v) is 13.4. The first-order valence-electron chi connectivity index (χ1n) is 7.28. The molecule has 1 aliphatic carbocycles. The van der Waals surface area contributed by atoms with Gasteiger partial charge in [-0.25, -0.2) is 0 Å². The summed E-state index contributed by atoms with van der Waals surface area (Å²) in [6, 6.07) is 17.4. The molecule has 0 bridgehead atoms. The molecule has 0 radical (unpaired) electrons. The Labute approximate surface area is 143 Å². The van der Waals surface area contributed by atoms with E-state index in [1.165, 1.54) is 0 Å². The van der Waals surface area contributed by atoms with Crippen LogP contribution in [0.25, 0.3) is 0 Å². The second-order valence-corrected chi connectivity index (χ2v) is 6.43. The Morgan fingerprint density at radius 2 is 1.46 bits per heavy atom. The lowest BCUT2D eigenvalue weighted by Crippen LogP contribution is -2.20. The van der Waals surface area contributed by atoms with Crippen molar-refractivity contribution in [1.82, 2.24) is 0 Å². The van der Waals surface area contributed by atoms with Crippen molar-refractivity contribution in [2.45, 2.75) is 16.2 Å². The number of aliphatic hydroxyl groups excluding tert-OH is 2. The number of hydrogen-bond acceptors (Lipinski definition) is 5. The highest BCUT2D eigenvalue weighted by molar-refractivity contribution is 7.99. The van der Waals surface area contributed by atoms with Crippen molar-refractivity contribution >= 4 is 23.3 Å². The van der Waals surface area contributed by atoms with Crippen molar-refractivity contribution in [2.24, 2.45) is 0 Å². The average molecular weight is 338 g/mol. The van der Waals surface area contributed by atoms with Crippen molar-refractivity contribution in [2.75, 3.05) is 0 Å². The SMILES string of the molecule is O=C1C=C(O)C(=O)C(Cc2ccc(Sc3ccccc3)cc2)=C1O. The second kappa shape index (κ2) is 6.76. The molecule has 0 aliphatic heterocycles. The van der Waals surface area contributed by atoms with Crippen molar-refractivity contribution < 1.29 is 19.8 Å². The van der Waals surface area contributed by atoms with Crippen LogP contribution in [0.2, 0.25) is 0 Å². The molecule has 120 valence electrons. The van der Waals surface area contributed by atoms with Crippen LogP contribution in [0.3, 0.4) is 0 Å². The van der Waals surface area contributed by atoms with Gasteiger partial charge in [-0.05, 0) is 29.8 Å². The summed E-state index contributed by atoms with van der Waals surface area (Å²) < 4.78 is 0. The topological polar surface area (TPSA) is 74.6 Å². The molecule has 1 aliphatic rings. The Balaban J connectivity index is 1.76. The maximum Gasteiger partial charge on any atom is 0.227 e. The van der Waals surface area contributed by atoms with Crippen molar-refractivity contribution in [1.29, 1.82) is 0 Å². The van der Waals surface area contributed by atoms with Crippen LogP contribution in [-0.4, -0.2) is 21.8 Å². The van der Waals surface area contributed by atoms with E-state index in [1.54, 1.807) is 11.8 Å². The van der Waals surface area contributed by atoms with Gasteiger partial charge in [-0.15, -0.1) is 0 Å². The molecule has 3 rings (SSSR count). The van der Waals surface area contributed by atoms with Gasteiger partial charge in [0.25, 0.3) is 0 Å². The van der Waals surface area contributed by atoms with Crippen LogP contribution in [0.15, 0.2) is 87.6 Å². The van der Waals surface area contributed by atoms with Crippen LogP contribution in [0.1, 0.15) is 5.56 Å². The standard InChI is InChI=1S/C19H14O4S/c20-16-11-17(21)19(23)15(18(16)22)10-12-6-8-14(9-7-12)24-13-4-2-1-3-5-13/h1-9,11,20,23H,10H2. The predicted molar refractivity (Wildman–Crippen MR) is 91.1 cm³/mol. The van der Waals surface area contributed by atoms with Crippen molar-refractivity contribution in [3.8, 4) is 0 Å². The zero-order valence-electron chi connectivity index (χ0n) is 12.6. The fourth-order valence-corrected chi connectivity index (χ4v) is 3.17. The Bertz CT molecular complexity index is 849. The minimum atomic E-state index is -0.752. The average Bonchev–Trinajstić information content (AvgIpc) is 2.59. The fraction of sp³-hybridized carbons (Fsp3) is 0.0526. The summed E-state index contributed by atoms with van der Waals surface area (Å²) in [6.07, 6.45) is 0.825. The third-order valence-corrected chi connectivity index (χ3v) is 4.59. The Morgan fingerprint density at radius 1 is 0.833 bits per heavy atom. The molecular formula is C19H14O4S. The number of allylic oxidation sites excluding steroid dienone is 2. The Morgan fingerprint density at radius 3 is 2.12 bits per heavy atom. The van der Waals surface area contributed by atoms with Crippen LogP contribution >= 0.6 is 11.8 Å². The van der Waals surface area contributed by atoms with E-state index in [9.17, 15) is 19.8 Å². The second-order valence-electron chi connectivity index (χ2n) is 5.29. The number of ketones is 2. The molecule has 0 fully saturated rings. The quantitative estimate of drug-likeness (QED) is 0.830. The highest BCUT2D eigenvalue weighted by atomic mass is 32.2.